The summed E-state index contributed by atoms with van der Waals surface area (Å²) in [5.74, 6) is -0.0977. The Hall–Kier alpha value is -4.06. The van der Waals surface area contributed by atoms with Crippen molar-refractivity contribution in [3.05, 3.63) is 94.1 Å². The van der Waals surface area contributed by atoms with Gasteiger partial charge in [-0.05, 0) is 90.8 Å². The number of aliphatic hydroxyl groups excluding tert-OH is 1. The number of aryl methyl sites for hydroxylation is 1. The van der Waals surface area contributed by atoms with Crippen LogP contribution in [0.15, 0.2) is 66.2 Å². The first kappa shape index (κ1) is 29.9. The fourth-order valence-electron chi connectivity index (χ4n) is 5.26. The molecule has 3 aromatic carbocycles. The zero-order valence-electron chi connectivity index (χ0n) is 25.5. The molecular formula is C35H41NO5. The lowest BCUT2D eigenvalue weighted by molar-refractivity contribution is -0.132. The normalized spacial score (nSPS) is 17.0. The van der Waals surface area contributed by atoms with E-state index in [1.807, 2.05) is 95.3 Å². The van der Waals surface area contributed by atoms with Crippen molar-refractivity contribution in [1.29, 1.82) is 0 Å². The van der Waals surface area contributed by atoms with E-state index in [1.54, 1.807) is 7.11 Å². The standard InChI is InChI=1S/C35H41NO5/c1-20(2)27-19-28(22(5)18-29(27)40-9)32(37)30-31(23-10-16-26(17-11-23)41-21(3)4)36(34(39)33(30)38)25-14-12-24(13-15-25)35(6,7)8/h10-21,31,37H,1-9H3/b32-30+. The number of hydrogen-bond donors (Lipinski definition) is 1. The van der Waals surface area contributed by atoms with Gasteiger partial charge >= 0.3 is 0 Å². The Labute approximate surface area is 243 Å². The molecule has 0 aliphatic carbocycles. The number of methoxy groups -OCH3 is 1. The second-order valence-electron chi connectivity index (χ2n) is 12.3. The Morgan fingerprint density at radius 2 is 1.54 bits per heavy atom. The molecule has 0 saturated carbocycles. The van der Waals surface area contributed by atoms with Crippen LogP contribution in [0.4, 0.5) is 5.69 Å². The van der Waals surface area contributed by atoms with Crippen LogP contribution in [0, 0.1) is 6.92 Å². The molecule has 1 atom stereocenters. The third-order valence-electron chi connectivity index (χ3n) is 7.48. The molecule has 1 unspecified atom stereocenters. The molecule has 0 spiro atoms. The first-order chi connectivity index (χ1) is 19.2. The molecule has 1 heterocycles. The van der Waals surface area contributed by atoms with Crippen LogP contribution < -0.4 is 14.4 Å². The van der Waals surface area contributed by atoms with Crippen LogP contribution in [-0.2, 0) is 15.0 Å². The minimum Gasteiger partial charge on any atom is -0.507 e. The average molecular weight is 556 g/mol. The number of Topliss-reactive ketones (excluding diaryl/α,β-unsaturated/α-hetero) is 1. The van der Waals surface area contributed by atoms with Crippen molar-refractivity contribution in [2.24, 2.45) is 0 Å². The lowest BCUT2D eigenvalue weighted by Gasteiger charge is -2.27. The molecule has 6 nitrogen and oxygen atoms in total. The summed E-state index contributed by atoms with van der Waals surface area (Å²) in [6.45, 7) is 16.2. The van der Waals surface area contributed by atoms with Crippen molar-refractivity contribution >= 4 is 23.1 Å². The number of amides is 1. The van der Waals surface area contributed by atoms with Crippen molar-refractivity contribution in [2.45, 2.75) is 78.9 Å². The van der Waals surface area contributed by atoms with E-state index < -0.39 is 17.7 Å². The Morgan fingerprint density at radius 3 is 2.05 bits per heavy atom. The second-order valence-corrected chi connectivity index (χ2v) is 12.3. The van der Waals surface area contributed by atoms with Crippen molar-refractivity contribution in [2.75, 3.05) is 12.0 Å². The predicted octanol–water partition coefficient (Wildman–Crippen LogP) is 7.84. The third kappa shape index (κ3) is 5.88. The first-order valence-corrected chi connectivity index (χ1v) is 14.1. The van der Waals surface area contributed by atoms with Gasteiger partial charge in [-0.15, -0.1) is 0 Å². The number of carbonyl (C=O) groups excluding carboxylic acids is 2. The molecule has 0 bridgehead atoms. The van der Waals surface area contributed by atoms with Gasteiger partial charge in [0.2, 0.25) is 0 Å². The zero-order chi connectivity index (χ0) is 30.2. The van der Waals surface area contributed by atoms with E-state index in [1.165, 1.54) is 4.90 Å². The van der Waals surface area contributed by atoms with Crippen LogP contribution in [-0.4, -0.2) is 30.0 Å². The Bertz CT molecular complexity index is 1470. The van der Waals surface area contributed by atoms with E-state index in [9.17, 15) is 14.7 Å². The molecule has 1 amide bonds. The summed E-state index contributed by atoms with van der Waals surface area (Å²) >= 11 is 0. The van der Waals surface area contributed by atoms with Gasteiger partial charge in [0.25, 0.3) is 11.7 Å². The maximum Gasteiger partial charge on any atom is 0.300 e. The number of carbonyl (C=O) groups is 2. The summed E-state index contributed by atoms with van der Waals surface area (Å²) in [7, 11) is 1.61. The fourth-order valence-corrected chi connectivity index (χ4v) is 5.26. The topological polar surface area (TPSA) is 76.1 Å². The van der Waals surface area contributed by atoms with E-state index >= 15 is 0 Å². The van der Waals surface area contributed by atoms with Gasteiger partial charge in [0.1, 0.15) is 17.3 Å². The molecule has 1 N–H and O–H groups in total. The van der Waals surface area contributed by atoms with E-state index in [-0.39, 0.29) is 28.8 Å². The van der Waals surface area contributed by atoms with Crippen molar-refractivity contribution in [3.8, 4) is 11.5 Å². The molecule has 41 heavy (non-hydrogen) atoms. The summed E-state index contributed by atoms with van der Waals surface area (Å²) in [5.41, 5.74) is 4.51. The van der Waals surface area contributed by atoms with Gasteiger partial charge < -0.3 is 14.6 Å². The lowest BCUT2D eigenvalue weighted by Crippen LogP contribution is -2.29. The number of nitrogens with zero attached hydrogens (tertiary/aromatic N) is 1. The predicted molar refractivity (Wildman–Crippen MR) is 164 cm³/mol. The van der Waals surface area contributed by atoms with Gasteiger partial charge in [-0.3, -0.25) is 14.5 Å². The van der Waals surface area contributed by atoms with Crippen LogP contribution >= 0.6 is 0 Å². The molecule has 3 aromatic rings. The lowest BCUT2D eigenvalue weighted by atomic mass is 9.87. The maximum atomic E-state index is 13.7. The maximum absolute atomic E-state index is 13.7. The highest BCUT2D eigenvalue weighted by Crippen LogP contribution is 2.44. The van der Waals surface area contributed by atoms with Crippen LogP contribution in [0.3, 0.4) is 0 Å². The minimum absolute atomic E-state index is 0.000942. The number of rotatable bonds is 7. The van der Waals surface area contributed by atoms with E-state index in [4.69, 9.17) is 9.47 Å². The summed E-state index contributed by atoms with van der Waals surface area (Å²) in [5, 5.41) is 11.8. The van der Waals surface area contributed by atoms with Gasteiger partial charge in [-0.25, -0.2) is 0 Å². The van der Waals surface area contributed by atoms with Gasteiger partial charge in [-0.1, -0.05) is 58.9 Å². The highest BCUT2D eigenvalue weighted by molar-refractivity contribution is 6.51. The third-order valence-corrected chi connectivity index (χ3v) is 7.48. The number of hydrogen-bond acceptors (Lipinski definition) is 5. The van der Waals surface area contributed by atoms with Gasteiger partial charge in [-0.2, -0.15) is 0 Å². The monoisotopic (exact) mass is 555 g/mol. The van der Waals surface area contributed by atoms with Crippen LogP contribution in [0.1, 0.15) is 88.2 Å². The van der Waals surface area contributed by atoms with Gasteiger partial charge in [0.05, 0.1) is 24.8 Å². The van der Waals surface area contributed by atoms with Crippen molar-refractivity contribution < 1.29 is 24.2 Å². The van der Waals surface area contributed by atoms with E-state index in [2.05, 4.69) is 20.8 Å². The van der Waals surface area contributed by atoms with Crippen LogP contribution in [0.5, 0.6) is 11.5 Å². The van der Waals surface area contributed by atoms with Crippen molar-refractivity contribution in [1.82, 2.24) is 0 Å². The summed E-state index contributed by atoms with van der Waals surface area (Å²) in [6.07, 6.45) is 0.000942. The molecule has 4 rings (SSSR count). The van der Waals surface area contributed by atoms with Gasteiger partial charge in [0, 0.05) is 11.3 Å². The summed E-state index contributed by atoms with van der Waals surface area (Å²) in [4.78, 5) is 28.9. The van der Waals surface area contributed by atoms with Crippen LogP contribution in [0.25, 0.3) is 5.76 Å². The zero-order valence-corrected chi connectivity index (χ0v) is 25.5. The summed E-state index contributed by atoms with van der Waals surface area (Å²) in [6, 6.07) is 17.9. The molecule has 0 aromatic heterocycles. The molecular weight excluding hydrogens is 514 g/mol. The Kier molecular flexibility index (Phi) is 8.34. The highest BCUT2D eigenvalue weighted by atomic mass is 16.5. The molecule has 216 valence electrons. The minimum atomic E-state index is -0.826. The number of benzene rings is 3. The van der Waals surface area contributed by atoms with Gasteiger partial charge in [0.15, 0.2) is 0 Å². The number of ether oxygens (including phenoxy) is 2. The largest absolute Gasteiger partial charge is 0.507 e. The fraction of sp³-hybridized carbons (Fsp3) is 0.371. The second kappa shape index (κ2) is 11.4. The molecule has 1 aliphatic heterocycles. The van der Waals surface area contributed by atoms with Crippen LogP contribution in [0.2, 0.25) is 0 Å². The van der Waals surface area contributed by atoms with E-state index in [0.29, 0.717) is 28.3 Å². The summed E-state index contributed by atoms with van der Waals surface area (Å²) < 4.78 is 11.4. The molecule has 1 saturated heterocycles. The number of aliphatic hydroxyl groups is 1. The highest BCUT2D eigenvalue weighted by Gasteiger charge is 2.47. The molecule has 1 aliphatic rings. The SMILES string of the molecule is COc1cc(C)c(/C(O)=C2\C(=O)C(=O)N(c3ccc(C(C)(C)C)cc3)C2c2ccc(OC(C)C)cc2)cc1C(C)C. The molecule has 6 heteroatoms. The molecule has 1 fully saturated rings. The number of ketones is 1. The van der Waals surface area contributed by atoms with E-state index in [0.717, 1.165) is 16.7 Å². The first-order valence-electron chi connectivity index (χ1n) is 14.1. The smallest absolute Gasteiger partial charge is 0.300 e. The average Bonchev–Trinajstić information content (AvgIpc) is 3.17. The molecule has 0 radical (unpaired) electrons. The Balaban J connectivity index is 1.94. The Morgan fingerprint density at radius 1 is 0.927 bits per heavy atom. The number of anilines is 1. The quantitative estimate of drug-likeness (QED) is 0.183. The van der Waals surface area contributed by atoms with Crippen molar-refractivity contribution in [3.63, 3.8) is 0 Å².